The molecule has 4 rings (SSSR count). The van der Waals surface area contributed by atoms with Gasteiger partial charge in [0.2, 0.25) is 0 Å². The molecule has 41 heavy (non-hydrogen) atoms. The van der Waals surface area contributed by atoms with Crippen LogP contribution in [-0.4, -0.2) is 56.4 Å². The zero-order valence-electron chi connectivity index (χ0n) is 25.1. The fourth-order valence-electron chi connectivity index (χ4n) is 7.72. The molecule has 0 bridgehead atoms. The first-order chi connectivity index (χ1) is 19.3. The number of phenols is 4. The van der Waals surface area contributed by atoms with Crippen LogP contribution < -0.4 is 0 Å². The van der Waals surface area contributed by atoms with Crippen molar-refractivity contribution >= 4 is 0 Å². The summed E-state index contributed by atoms with van der Waals surface area (Å²) in [6.07, 6.45) is 8.75. The van der Waals surface area contributed by atoms with E-state index in [-0.39, 0.29) is 33.8 Å². The lowest BCUT2D eigenvalue weighted by Crippen LogP contribution is -2.31. The minimum absolute atomic E-state index is 0.116. The first-order valence-corrected chi connectivity index (χ1v) is 14.3. The second kappa shape index (κ2) is 11.1. The molecule has 0 radical (unpaired) electrons. The summed E-state index contributed by atoms with van der Waals surface area (Å²) in [5, 5.41) is 44.8. The van der Waals surface area contributed by atoms with Gasteiger partial charge in [0, 0.05) is 55.8 Å². The third-order valence-electron chi connectivity index (χ3n) is 8.98. The quantitative estimate of drug-likeness (QED) is 0.176. The molecule has 1 spiro atoms. The van der Waals surface area contributed by atoms with Gasteiger partial charge in [-0.05, 0) is 58.1 Å². The van der Waals surface area contributed by atoms with Crippen molar-refractivity contribution in [2.75, 3.05) is 26.2 Å². The average Bonchev–Trinajstić information content (AvgIpc) is 3.23. The van der Waals surface area contributed by atoms with Crippen molar-refractivity contribution in [3.63, 3.8) is 0 Å². The first kappa shape index (κ1) is 30.5. The molecule has 0 atom stereocenters. The molecule has 4 N–H and O–H groups in total. The largest absolute Gasteiger partial charge is 0.504 e. The topological polar surface area (TPSA) is 87.4 Å². The van der Waals surface area contributed by atoms with Crippen molar-refractivity contribution < 1.29 is 20.4 Å². The fraction of sp³-hybridized carbons (Fsp3) is 0.429. The number of aromatic hydroxyl groups is 4. The second-order valence-electron chi connectivity index (χ2n) is 13.0. The molecule has 6 nitrogen and oxygen atoms in total. The minimum Gasteiger partial charge on any atom is -0.504 e. The summed E-state index contributed by atoms with van der Waals surface area (Å²) < 4.78 is 0. The third-order valence-corrected chi connectivity index (χ3v) is 8.98. The maximum Gasteiger partial charge on any atom is 0.162 e. The van der Waals surface area contributed by atoms with Crippen LogP contribution in [0.3, 0.4) is 0 Å². The van der Waals surface area contributed by atoms with Gasteiger partial charge < -0.3 is 20.4 Å². The number of nitrogens with zero attached hydrogens (tertiary/aromatic N) is 2. The maximum absolute atomic E-state index is 11.4. The molecular formula is C35H46N2O4. The summed E-state index contributed by atoms with van der Waals surface area (Å²) in [5.74, 6) is -0.491. The highest BCUT2D eigenvalue weighted by molar-refractivity contribution is 5.70. The van der Waals surface area contributed by atoms with Gasteiger partial charge in [0.05, 0.1) is 0 Å². The van der Waals surface area contributed by atoms with Gasteiger partial charge >= 0.3 is 0 Å². The molecule has 6 heteroatoms. The predicted molar refractivity (Wildman–Crippen MR) is 167 cm³/mol. The highest BCUT2D eigenvalue weighted by Crippen LogP contribution is 2.66. The van der Waals surface area contributed by atoms with Gasteiger partial charge in [-0.2, -0.15) is 0 Å². The van der Waals surface area contributed by atoms with E-state index < -0.39 is 5.41 Å². The second-order valence-corrected chi connectivity index (χ2v) is 13.0. The lowest BCUT2D eigenvalue weighted by molar-refractivity contribution is 0.303. The molecule has 0 unspecified atom stereocenters. The van der Waals surface area contributed by atoms with Crippen LogP contribution in [0.1, 0.15) is 73.9 Å². The van der Waals surface area contributed by atoms with E-state index in [1.165, 1.54) is 0 Å². The Balaban J connectivity index is 2.08. The number of hydrogen-bond donors (Lipinski definition) is 4. The van der Waals surface area contributed by atoms with Crippen LogP contribution in [0.4, 0.5) is 0 Å². The predicted octanol–water partition coefficient (Wildman–Crippen LogP) is 6.51. The molecule has 0 saturated heterocycles. The Kier molecular flexibility index (Phi) is 8.23. The van der Waals surface area contributed by atoms with Crippen LogP contribution in [0.5, 0.6) is 23.0 Å². The minimum atomic E-state index is -0.569. The number of rotatable bonds is 12. The Labute approximate surface area is 245 Å². The van der Waals surface area contributed by atoms with Crippen LogP contribution in [0, 0.1) is 0 Å². The molecule has 0 amide bonds. The first-order valence-electron chi connectivity index (χ1n) is 14.3. The van der Waals surface area contributed by atoms with Crippen LogP contribution in [0.2, 0.25) is 0 Å². The molecule has 2 aliphatic carbocycles. The maximum atomic E-state index is 11.4. The Bertz CT molecular complexity index is 1260. The van der Waals surface area contributed by atoms with E-state index in [1.54, 1.807) is 12.1 Å². The van der Waals surface area contributed by atoms with Crippen LogP contribution >= 0.6 is 0 Å². The van der Waals surface area contributed by atoms with Gasteiger partial charge in [-0.25, -0.2) is 0 Å². The van der Waals surface area contributed by atoms with E-state index in [0.29, 0.717) is 50.4 Å². The normalized spacial score (nSPS) is 17.5. The van der Waals surface area contributed by atoms with E-state index in [0.717, 1.165) is 35.1 Å². The third kappa shape index (κ3) is 5.08. The standard InChI is InChI=1S/C35H46N2O4/c1-9-13-36(14-10-2)19-23-29-25(17-27(38)31(23)40)33(5,6)21-35(29)22-34(7,8)26-18-28(39)32(41)24(30(26)35)20-37(15-11-3)16-12-4/h9-12,17-18,38-41H,1-4,13-16,19-22H2,5-8H3. The number of phenolic OH excluding ortho intramolecular Hbond substituents is 4. The SMILES string of the molecule is C=CCN(CC=C)Cc1c(O)c(O)cc2c1C1(CC2(C)C)CC(C)(C)c2cc(O)c(O)c(CN(CC=C)CC=C)c21. The summed E-state index contributed by atoms with van der Waals surface area (Å²) in [6, 6.07) is 3.45. The molecule has 220 valence electrons. The van der Waals surface area contributed by atoms with Crippen molar-refractivity contribution in [1.29, 1.82) is 0 Å². The highest BCUT2D eigenvalue weighted by Gasteiger charge is 2.59. The molecule has 0 heterocycles. The molecular weight excluding hydrogens is 512 g/mol. The lowest BCUT2D eigenvalue weighted by Gasteiger charge is -2.35. The van der Waals surface area contributed by atoms with Crippen molar-refractivity contribution in [1.82, 2.24) is 9.80 Å². The van der Waals surface area contributed by atoms with Crippen LogP contribution in [0.25, 0.3) is 0 Å². The Morgan fingerprint density at radius 2 is 0.951 bits per heavy atom. The average molecular weight is 559 g/mol. The van der Waals surface area contributed by atoms with Crippen LogP contribution in [-0.2, 0) is 29.3 Å². The molecule has 0 saturated carbocycles. The van der Waals surface area contributed by atoms with Crippen molar-refractivity contribution in [2.24, 2.45) is 0 Å². The summed E-state index contributed by atoms with van der Waals surface area (Å²) in [4.78, 5) is 4.25. The molecule has 2 aliphatic rings. The van der Waals surface area contributed by atoms with Gasteiger partial charge in [0.15, 0.2) is 23.0 Å². The molecule has 0 fully saturated rings. The van der Waals surface area contributed by atoms with Gasteiger partial charge in [0.25, 0.3) is 0 Å². The smallest absolute Gasteiger partial charge is 0.162 e. The Morgan fingerprint density at radius 1 is 0.634 bits per heavy atom. The Hall–Kier alpha value is -3.48. The van der Waals surface area contributed by atoms with Crippen molar-refractivity contribution in [3.8, 4) is 23.0 Å². The fourth-order valence-corrected chi connectivity index (χ4v) is 7.72. The van der Waals surface area contributed by atoms with Crippen molar-refractivity contribution in [3.05, 3.63) is 96.1 Å². The molecule has 0 aromatic heterocycles. The zero-order valence-corrected chi connectivity index (χ0v) is 25.1. The van der Waals surface area contributed by atoms with E-state index in [4.69, 9.17) is 0 Å². The number of hydrogen-bond acceptors (Lipinski definition) is 6. The monoisotopic (exact) mass is 558 g/mol. The summed E-state index contributed by atoms with van der Waals surface area (Å²) >= 11 is 0. The van der Waals surface area contributed by atoms with Gasteiger partial charge in [-0.15, -0.1) is 26.3 Å². The zero-order chi connectivity index (χ0) is 30.3. The number of fused-ring (bicyclic) bond motifs is 4. The summed E-state index contributed by atoms with van der Waals surface area (Å²) in [7, 11) is 0. The number of benzene rings is 2. The van der Waals surface area contributed by atoms with Crippen molar-refractivity contribution in [2.45, 2.75) is 69.9 Å². The van der Waals surface area contributed by atoms with E-state index in [1.807, 2.05) is 24.3 Å². The van der Waals surface area contributed by atoms with Gasteiger partial charge in [-0.3, -0.25) is 9.80 Å². The van der Waals surface area contributed by atoms with E-state index >= 15 is 0 Å². The van der Waals surface area contributed by atoms with Gasteiger partial charge in [0.1, 0.15) is 0 Å². The van der Waals surface area contributed by atoms with Gasteiger partial charge in [-0.1, -0.05) is 52.0 Å². The highest BCUT2D eigenvalue weighted by atomic mass is 16.3. The van der Waals surface area contributed by atoms with E-state index in [9.17, 15) is 20.4 Å². The lowest BCUT2D eigenvalue weighted by atomic mass is 9.70. The molecule has 2 aromatic carbocycles. The summed E-state index contributed by atoms with van der Waals surface area (Å²) in [5.41, 5.74) is 4.15. The van der Waals surface area contributed by atoms with Crippen LogP contribution in [0.15, 0.2) is 62.8 Å². The Morgan fingerprint density at radius 3 is 1.24 bits per heavy atom. The van der Waals surface area contributed by atoms with E-state index in [2.05, 4.69) is 63.8 Å². The molecule has 2 aromatic rings. The molecule has 0 aliphatic heterocycles. The summed E-state index contributed by atoms with van der Waals surface area (Å²) in [6.45, 7) is 27.5.